The van der Waals surface area contributed by atoms with E-state index in [2.05, 4.69) is 5.32 Å². The predicted octanol–water partition coefficient (Wildman–Crippen LogP) is 2.34. The standard InChI is InChI=1S/C18H21NO2/c20-17(14-5-2-1-3-6-14)15-7-4-8-16(13-15)18(21)9-11-19-12-10-18/h1-8,13,17,19-21H,9-12H2. The van der Waals surface area contributed by atoms with Crippen LogP contribution in [0.3, 0.4) is 0 Å². The fourth-order valence-corrected chi connectivity index (χ4v) is 2.96. The van der Waals surface area contributed by atoms with Crippen LogP contribution in [-0.2, 0) is 5.60 Å². The summed E-state index contributed by atoms with van der Waals surface area (Å²) in [5.74, 6) is 0. The van der Waals surface area contributed by atoms with E-state index in [9.17, 15) is 10.2 Å². The average molecular weight is 283 g/mol. The van der Waals surface area contributed by atoms with Crippen molar-refractivity contribution in [2.24, 2.45) is 0 Å². The number of hydrogen-bond donors (Lipinski definition) is 3. The fraction of sp³-hybridized carbons (Fsp3) is 0.333. The molecular formula is C18H21NO2. The number of aliphatic hydroxyl groups is 2. The molecule has 3 N–H and O–H groups in total. The van der Waals surface area contributed by atoms with Gasteiger partial charge in [-0.1, -0.05) is 48.5 Å². The second-order valence-corrected chi connectivity index (χ2v) is 5.72. The van der Waals surface area contributed by atoms with Gasteiger partial charge in [-0.3, -0.25) is 0 Å². The molecule has 0 aliphatic carbocycles. The van der Waals surface area contributed by atoms with Gasteiger partial charge in [-0.05, 0) is 48.7 Å². The molecule has 0 saturated carbocycles. The van der Waals surface area contributed by atoms with E-state index >= 15 is 0 Å². The average Bonchev–Trinajstić information content (AvgIpc) is 2.56. The first kappa shape index (κ1) is 14.3. The van der Waals surface area contributed by atoms with Crippen LogP contribution < -0.4 is 5.32 Å². The van der Waals surface area contributed by atoms with E-state index in [1.165, 1.54) is 0 Å². The Morgan fingerprint density at radius 3 is 2.29 bits per heavy atom. The van der Waals surface area contributed by atoms with Crippen LogP contribution >= 0.6 is 0 Å². The summed E-state index contributed by atoms with van der Waals surface area (Å²) in [5.41, 5.74) is 1.81. The zero-order chi connectivity index (χ0) is 14.7. The third-order valence-corrected chi connectivity index (χ3v) is 4.29. The molecular weight excluding hydrogens is 262 g/mol. The molecule has 3 rings (SSSR count). The number of nitrogens with one attached hydrogen (secondary N) is 1. The molecule has 21 heavy (non-hydrogen) atoms. The van der Waals surface area contributed by atoms with E-state index in [1.807, 2.05) is 54.6 Å². The van der Waals surface area contributed by atoms with Crippen LogP contribution in [0.1, 0.15) is 35.6 Å². The summed E-state index contributed by atoms with van der Waals surface area (Å²) < 4.78 is 0. The molecule has 110 valence electrons. The number of hydrogen-bond acceptors (Lipinski definition) is 3. The van der Waals surface area contributed by atoms with E-state index in [-0.39, 0.29) is 0 Å². The summed E-state index contributed by atoms with van der Waals surface area (Å²) in [5, 5.41) is 24.6. The zero-order valence-corrected chi connectivity index (χ0v) is 12.0. The van der Waals surface area contributed by atoms with Crippen LogP contribution in [0.5, 0.6) is 0 Å². The van der Waals surface area contributed by atoms with Gasteiger partial charge in [0.25, 0.3) is 0 Å². The fourth-order valence-electron chi connectivity index (χ4n) is 2.96. The molecule has 1 atom stereocenters. The largest absolute Gasteiger partial charge is 0.385 e. The summed E-state index contributed by atoms with van der Waals surface area (Å²) in [6, 6.07) is 17.3. The van der Waals surface area contributed by atoms with Gasteiger partial charge in [0, 0.05) is 0 Å². The van der Waals surface area contributed by atoms with E-state index in [0.29, 0.717) is 12.8 Å². The normalized spacial score (nSPS) is 19.1. The Hall–Kier alpha value is -1.68. The Kier molecular flexibility index (Phi) is 4.06. The molecule has 0 aromatic heterocycles. The molecule has 2 aromatic rings. The van der Waals surface area contributed by atoms with Crippen molar-refractivity contribution in [1.82, 2.24) is 5.32 Å². The molecule has 1 fully saturated rings. The first-order valence-electron chi connectivity index (χ1n) is 7.46. The van der Waals surface area contributed by atoms with Gasteiger partial charge in [0.2, 0.25) is 0 Å². The van der Waals surface area contributed by atoms with Crippen LogP contribution in [-0.4, -0.2) is 23.3 Å². The van der Waals surface area contributed by atoms with E-state index in [4.69, 9.17) is 0 Å². The highest BCUT2D eigenvalue weighted by molar-refractivity contribution is 5.35. The maximum atomic E-state index is 10.8. The number of benzene rings is 2. The summed E-state index contributed by atoms with van der Waals surface area (Å²) in [4.78, 5) is 0. The molecule has 0 radical (unpaired) electrons. The lowest BCUT2D eigenvalue weighted by atomic mass is 9.84. The van der Waals surface area contributed by atoms with Crippen LogP contribution in [0.15, 0.2) is 54.6 Å². The quantitative estimate of drug-likeness (QED) is 0.810. The van der Waals surface area contributed by atoms with Gasteiger partial charge in [0.1, 0.15) is 6.10 Å². The molecule has 1 saturated heterocycles. The molecule has 1 aliphatic heterocycles. The molecule has 2 aromatic carbocycles. The first-order chi connectivity index (χ1) is 10.2. The van der Waals surface area contributed by atoms with E-state index in [0.717, 1.165) is 29.8 Å². The smallest absolute Gasteiger partial charge is 0.104 e. The lowest BCUT2D eigenvalue weighted by Crippen LogP contribution is -2.39. The minimum Gasteiger partial charge on any atom is -0.385 e. The van der Waals surface area contributed by atoms with Gasteiger partial charge >= 0.3 is 0 Å². The number of aliphatic hydroxyl groups excluding tert-OH is 1. The Morgan fingerprint density at radius 2 is 1.57 bits per heavy atom. The van der Waals surface area contributed by atoms with E-state index < -0.39 is 11.7 Å². The minimum absolute atomic E-state index is 0.656. The van der Waals surface area contributed by atoms with Crippen molar-refractivity contribution < 1.29 is 10.2 Å². The van der Waals surface area contributed by atoms with Gasteiger partial charge in [0.15, 0.2) is 0 Å². The highest BCUT2D eigenvalue weighted by atomic mass is 16.3. The summed E-state index contributed by atoms with van der Waals surface area (Å²) in [6.07, 6.45) is 0.756. The highest BCUT2D eigenvalue weighted by Gasteiger charge is 2.31. The minimum atomic E-state index is -0.780. The zero-order valence-electron chi connectivity index (χ0n) is 12.0. The molecule has 1 aliphatic rings. The van der Waals surface area contributed by atoms with Crippen molar-refractivity contribution in [3.05, 3.63) is 71.3 Å². The van der Waals surface area contributed by atoms with Crippen molar-refractivity contribution in [2.45, 2.75) is 24.5 Å². The third-order valence-electron chi connectivity index (χ3n) is 4.29. The van der Waals surface area contributed by atoms with Crippen molar-refractivity contribution in [2.75, 3.05) is 13.1 Å². The Bertz CT molecular complexity index is 591. The topological polar surface area (TPSA) is 52.5 Å². The molecule has 0 bridgehead atoms. The maximum absolute atomic E-state index is 10.8. The lowest BCUT2D eigenvalue weighted by Gasteiger charge is -2.33. The van der Waals surface area contributed by atoms with Gasteiger partial charge in [-0.2, -0.15) is 0 Å². The first-order valence-corrected chi connectivity index (χ1v) is 7.46. The van der Waals surface area contributed by atoms with Gasteiger partial charge in [0.05, 0.1) is 5.60 Å². The number of rotatable bonds is 3. The van der Waals surface area contributed by atoms with Gasteiger partial charge < -0.3 is 15.5 Å². The molecule has 3 nitrogen and oxygen atoms in total. The molecule has 0 amide bonds. The SMILES string of the molecule is OC(c1ccccc1)c1cccc(C2(O)CCNCC2)c1. The monoisotopic (exact) mass is 283 g/mol. The molecule has 0 spiro atoms. The Morgan fingerprint density at radius 1 is 0.905 bits per heavy atom. The van der Waals surface area contributed by atoms with Crippen molar-refractivity contribution in [1.29, 1.82) is 0 Å². The van der Waals surface area contributed by atoms with Gasteiger partial charge in [-0.25, -0.2) is 0 Å². The Labute approximate surface area is 125 Å². The summed E-state index contributed by atoms with van der Waals surface area (Å²) in [7, 11) is 0. The van der Waals surface area contributed by atoms with Crippen molar-refractivity contribution in [3.63, 3.8) is 0 Å². The summed E-state index contributed by atoms with van der Waals surface area (Å²) in [6.45, 7) is 1.64. The van der Waals surface area contributed by atoms with Gasteiger partial charge in [-0.15, -0.1) is 0 Å². The number of piperidine rings is 1. The maximum Gasteiger partial charge on any atom is 0.104 e. The summed E-state index contributed by atoms with van der Waals surface area (Å²) >= 11 is 0. The Balaban J connectivity index is 1.89. The second-order valence-electron chi connectivity index (χ2n) is 5.72. The van der Waals surface area contributed by atoms with Crippen LogP contribution in [0.4, 0.5) is 0 Å². The lowest BCUT2D eigenvalue weighted by molar-refractivity contribution is 0.00577. The molecule has 3 heteroatoms. The van der Waals surface area contributed by atoms with Crippen molar-refractivity contribution >= 4 is 0 Å². The highest BCUT2D eigenvalue weighted by Crippen LogP contribution is 2.32. The van der Waals surface area contributed by atoms with Crippen LogP contribution in [0.2, 0.25) is 0 Å². The third kappa shape index (κ3) is 3.00. The van der Waals surface area contributed by atoms with Crippen molar-refractivity contribution in [3.8, 4) is 0 Å². The predicted molar refractivity (Wildman–Crippen MR) is 82.9 cm³/mol. The molecule has 1 heterocycles. The molecule has 1 unspecified atom stereocenters. The van der Waals surface area contributed by atoms with Crippen LogP contribution in [0, 0.1) is 0 Å². The second kappa shape index (κ2) is 5.98. The van der Waals surface area contributed by atoms with Crippen LogP contribution in [0.25, 0.3) is 0 Å². The van der Waals surface area contributed by atoms with E-state index in [1.54, 1.807) is 0 Å².